The Morgan fingerprint density at radius 1 is 1.54 bits per heavy atom. The number of rotatable bonds is 0. The molecule has 0 aromatic rings. The Hall–Kier alpha value is -1.05. The first-order valence-electron chi connectivity index (χ1n) is 4.64. The monoisotopic (exact) mass is 178 g/mol. The van der Waals surface area contributed by atoms with E-state index in [0.29, 0.717) is 12.3 Å². The summed E-state index contributed by atoms with van der Waals surface area (Å²) >= 11 is 0. The number of allylic oxidation sites excluding steroid dienone is 3. The Bertz CT molecular complexity index is 321. The Labute approximate surface area is 78.0 Å². The van der Waals surface area contributed by atoms with Crippen molar-refractivity contribution in [3.05, 3.63) is 23.5 Å². The highest BCUT2D eigenvalue weighted by atomic mass is 16.3. The fourth-order valence-corrected chi connectivity index (χ4v) is 2.34. The number of carbonyl (C=O) groups is 1. The van der Waals surface area contributed by atoms with Gasteiger partial charge in [-0.25, -0.2) is 0 Å². The molecule has 1 saturated carbocycles. The molecule has 0 aliphatic heterocycles. The predicted octanol–water partition coefficient (Wildman–Crippen LogP) is 2.37. The molecular weight excluding hydrogens is 164 g/mol. The number of hydrogen-bond donors (Lipinski definition) is 1. The third kappa shape index (κ3) is 1.21. The molecular formula is C11H14O2. The van der Waals surface area contributed by atoms with Crippen LogP contribution in [0.3, 0.4) is 0 Å². The number of ketones is 1. The molecule has 0 saturated heterocycles. The minimum atomic E-state index is 0.0696. The van der Waals surface area contributed by atoms with Crippen molar-refractivity contribution >= 4 is 5.78 Å². The highest BCUT2D eigenvalue weighted by Gasteiger charge is 2.43. The van der Waals surface area contributed by atoms with E-state index in [0.717, 1.165) is 12.0 Å². The molecule has 1 N–H and O–H groups in total. The smallest absolute Gasteiger partial charge is 0.159 e. The lowest BCUT2D eigenvalue weighted by molar-refractivity contribution is -0.115. The first kappa shape index (κ1) is 8.54. The molecule has 0 heterocycles. The maximum absolute atomic E-state index is 11.6. The van der Waals surface area contributed by atoms with Crippen LogP contribution < -0.4 is 0 Å². The van der Waals surface area contributed by atoms with E-state index < -0.39 is 0 Å². The lowest BCUT2D eigenvalue weighted by atomic mass is 9.77. The van der Waals surface area contributed by atoms with E-state index >= 15 is 0 Å². The van der Waals surface area contributed by atoms with Gasteiger partial charge >= 0.3 is 0 Å². The topological polar surface area (TPSA) is 37.3 Å². The zero-order valence-electron chi connectivity index (χ0n) is 8.00. The van der Waals surface area contributed by atoms with Gasteiger partial charge in [0.05, 0.1) is 0 Å². The maximum atomic E-state index is 11.6. The van der Waals surface area contributed by atoms with Gasteiger partial charge in [0.1, 0.15) is 5.76 Å². The van der Waals surface area contributed by atoms with Gasteiger partial charge in [0.2, 0.25) is 0 Å². The molecule has 70 valence electrons. The van der Waals surface area contributed by atoms with E-state index in [1.165, 1.54) is 0 Å². The van der Waals surface area contributed by atoms with Crippen LogP contribution in [-0.2, 0) is 4.79 Å². The van der Waals surface area contributed by atoms with Crippen molar-refractivity contribution in [2.24, 2.45) is 11.3 Å². The van der Waals surface area contributed by atoms with Crippen molar-refractivity contribution in [1.82, 2.24) is 0 Å². The number of fused-ring (bicyclic) bond motifs is 1. The minimum Gasteiger partial charge on any atom is -0.508 e. The van der Waals surface area contributed by atoms with Gasteiger partial charge in [-0.05, 0) is 29.9 Å². The number of aliphatic hydroxyl groups is 1. The molecule has 2 rings (SSSR count). The lowest BCUT2D eigenvalue weighted by Crippen LogP contribution is -2.19. The van der Waals surface area contributed by atoms with Crippen LogP contribution in [0.15, 0.2) is 23.5 Å². The van der Waals surface area contributed by atoms with E-state index in [9.17, 15) is 9.90 Å². The van der Waals surface area contributed by atoms with Gasteiger partial charge in [-0.1, -0.05) is 13.8 Å². The molecule has 13 heavy (non-hydrogen) atoms. The Balaban J connectivity index is 2.41. The van der Waals surface area contributed by atoms with Gasteiger partial charge in [0, 0.05) is 12.0 Å². The van der Waals surface area contributed by atoms with Crippen molar-refractivity contribution in [3.8, 4) is 0 Å². The van der Waals surface area contributed by atoms with E-state index in [-0.39, 0.29) is 17.0 Å². The second kappa shape index (κ2) is 2.47. The van der Waals surface area contributed by atoms with E-state index in [4.69, 9.17) is 0 Å². The molecule has 2 heteroatoms. The van der Waals surface area contributed by atoms with Crippen LogP contribution in [0.1, 0.15) is 26.7 Å². The van der Waals surface area contributed by atoms with Gasteiger partial charge in [-0.3, -0.25) is 4.79 Å². The number of carbonyl (C=O) groups excluding carboxylic acids is 1. The van der Waals surface area contributed by atoms with Gasteiger partial charge in [-0.15, -0.1) is 0 Å². The zero-order chi connectivity index (χ0) is 9.64. The fourth-order valence-electron chi connectivity index (χ4n) is 2.34. The van der Waals surface area contributed by atoms with Crippen molar-refractivity contribution in [2.75, 3.05) is 0 Å². The van der Waals surface area contributed by atoms with Crippen LogP contribution in [-0.4, -0.2) is 10.9 Å². The molecule has 2 nitrogen and oxygen atoms in total. The third-order valence-electron chi connectivity index (χ3n) is 3.12. The van der Waals surface area contributed by atoms with Gasteiger partial charge < -0.3 is 5.11 Å². The summed E-state index contributed by atoms with van der Waals surface area (Å²) in [5.41, 5.74) is 0.894. The average molecular weight is 178 g/mol. The predicted molar refractivity (Wildman–Crippen MR) is 50.3 cm³/mol. The van der Waals surface area contributed by atoms with Crippen LogP contribution in [0.4, 0.5) is 0 Å². The molecule has 0 aromatic carbocycles. The van der Waals surface area contributed by atoms with Crippen molar-refractivity contribution in [2.45, 2.75) is 26.7 Å². The fraction of sp³-hybridized carbons (Fsp3) is 0.545. The van der Waals surface area contributed by atoms with Gasteiger partial charge in [0.15, 0.2) is 5.78 Å². The second-order valence-electron chi connectivity index (χ2n) is 4.61. The molecule has 0 spiro atoms. The normalized spacial score (nSPS) is 30.9. The first-order chi connectivity index (χ1) is 6.00. The molecule has 0 aromatic heterocycles. The molecule has 0 bridgehead atoms. The molecule has 1 fully saturated rings. The number of aliphatic hydroxyl groups excluding tert-OH is 1. The summed E-state index contributed by atoms with van der Waals surface area (Å²) in [5, 5.41) is 9.28. The molecule has 1 unspecified atom stereocenters. The van der Waals surface area contributed by atoms with Crippen LogP contribution >= 0.6 is 0 Å². The summed E-state index contributed by atoms with van der Waals surface area (Å²) in [5.74, 6) is 0.767. The van der Waals surface area contributed by atoms with E-state index in [1.807, 2.05) is 0 Å². The van der Waals surface area contributed by atoms with Gasteiger partial charge in [0.25, 0.3) is 0 Å². The molecule has 2 aliphatic carbocycles. The van der Waals surface area contributed by atoms with Crippen LogP contribution in [0.25, 0.3) is 0 Å². The van der Waals surface area contributed by atoms with Crippen molar-refractivity contribution in [1.29, 1.82) is 0 Å². The Morgan fingerprint density at radius 3 is 2.92 bits per heavy atom. The van der Waals surface area contributed by atoms with Crippen LogP contribution in [0, 0.1) is 11.3 Å². The molecule has 0 amide bonds. The summed E-state index contributed by atoms with van der Waals surface area (Å²) in [6.07, 6.45) is 4.85. The highest BCUT2D eigenvalue weighted by molar-refractivity contribution is 5.99. The lowest BCUT2D eigenvalue weighted by Gasteiger charge is -2.27. The van der Waals surface area contributed by atoms with Crippen LogP contribution in [0.5, 0.6) is 0 Å². The van der Waals surface area contributed by atoms with E-state index in [1.54, 1.807) is 12.2 Å². The largest absolute Gasteiger partial charge is 0.508 e. The van der Waals surface area contributed by atoms with Crippen LogP contribution in [0.2, 0.25) is 0 Å². The maximum Gasteiger partial charge on any atom is 0.159 e. The first-order valence-corrected chi connectivity index (χ1v) is 4.64. The molecule has 2 aliphatic rings. The quantitative estimate of drug-likeness (QED) is 0.618. The number of hydrogen-bond acceptors (Lipinski definition) is 2. The summed E-state index contributed by atoms with van der Waals surface area (Å²) < 4.78 is 0. The van der Waals surface area contributed by atoms with E-state index in [2.05, 4.69) is 13.8 Å². The summed E-state index contributed by atoms with van der Waals surface area (Å²) in [6, 6.07) is 0. The summed E-state index contributed by atoms with van der Waals surface area (Å²) in [4.78, 5) is 11.6. The van der Waals surface area contributed by atoms with Crippen molar-refractivity contribution in [3.63, 3.8) is 0 Å². The summed E-state index contributed by atoms with van der Waals surface area (Å²) in [6.45, 7) is 4.24. The second-order valence-corrected chi connectivity index (χ2v) is 4.61. The standard InChI is InChI=1S/C11H14O2/c1-11(2)6-10(13)8-5-7(12)3-4-9(8)11/h3,5,9,12H,4,6H2,1-2H3. The Kier molecular flexibility index (Phi) is 1.62. The third-order valence-corrected chi connectivity index (χ3v) is 3.12. The SMILES string of the molecule is CC1(C)CC(=O)C2=CC(O)=CCC21. The zero-order valence-corrected chi connectivity index (χ0v) is 8.00. The highest BCUT2D eigenvalue weighted by Crippen LogP contribution is 2.47. The van der Waals surface area contributed by atoms with Gasteiger partial charge in [-0.2, -0.15) is 0 Å². The summed E-state index contributed by atoms with van der Waals surface area (Å²) in [7, 11) is 0. The minimum absolute atomic E-state index is 0.0696. The molecule has 1 atom stereocenters. The molecule has 0 radical (unpaired) electrons. The Morgan fingerprint density at radius 2 is 2.23 bits per heavy atom. The average Bonchev–Trinajstić information content (AvgIpc) is 2.22. The van der Waals surface area contributed by atoms with Crippen molar-refractivity contribution < 1.29 is 9.90 Å². The number of Topliss-reactive ketones (excluding diaryl/α,β-unsaturated/α-hetero) is 1.